The Labute approximate surface area is 212 Å². The van der Waals surface area contributed by atoms with Crippen molar-refractivity contribution in [3.05, 3.63) is 90.5 Å². The number of amides is 1. The lowest BCUT2D eigenvalue weighted by atomic mass is 10.0. The molecule has 188 valence electrons. The van der Waals surface area contributed by atoms with Crippen molar-refractivity contribution in [2.75, 3.05) is 19.0 Å². The van der Waals surface area contributed by atoms with Gasteiger partial charge in [0.25, 0.3) is 0 Å². The molecule has 36 heavy (non-hydrogen) atoms. The number of carbonyl (C=O) groups is 2. The summed E-state index contributed by atoms with van der Waals surface area (Å²) in [5.74, 6) is 0.0449. The minimum Gasteiger partial charge on any atom is -0.497 e. The standard InChI is InChI=1S/C28H30N2O5S/c1-3-4-19-29-36(33,34)27-8-6-5-7-26(27)22-11-9-21(10-12-22)20-24(31)15-18-28(32)30-23-13-16-25(35-2)17-14-23/h5-18,29H,3-4,19-20H2,1-2H3,(H,30,32)/b18-15-. The molecular formula is C28H30N2O5S. The zero-order valence-corrected chi connectivity index (χ0v) is 21.2. The second-order valence-electron chi connectivity index (χ2n) is 8.14. The Morgan fingerprint density at radius 3 is 2.28 bits per heavy atom. The Morgan fingerprint density at radius 2 is 1.61 bits per heavy atom. The van der Waals surface area contributed by atoms with Gasteiger partial charge >= 0.3 is 0 Å². The van der Waals surface area contributed by atoms with E-state index >= 15 is 0 Å². The van der Waals surface area contributed by atoms with E-state index in [-0.39, 0.29) is 17.1 Å². The second-order valence-corrected chi connectivity index (χ2v) is 9.87. The SMILES string of the molecule is CCCCNS(=O)(=O)c1ccccc1-c1ccc(CC(=O)/C=C\C(=O)Nc2ccc(OC)cc2)cc1. The summed E-state index contributed by atoms with van der Waals surface area (Å²) in [6.07, 6.45) is 4.23. The first kappa shape index (κ1) is 26.8. The number of sulfonamides is 1. The Hall–Kier alpha value is -3.75. The molecule has 3 rings (SSSR count). The highest BCUT2D eigenvalue weighted by molar-refractivity contribution is 7.89. The van der Waals surface area contributed by atoms with E-state index in [0.29, 0.717) is 23.5 Å². The highest BCUT2D eigenvalue weighted by Crippen LogP contribution is 2.27. The molecule has 3 aromatic rings. The van der Waals surface area contributed by atoms with Gasteiger partial charge < -0.3 is 10.1 Å². The largest absolute Gasteiger partial charge is 0.497 e. The van der Waals surface area contributed by atoms with E-state index in [4.69, 9.17) is 4.74 Å². The van der Waals surface area contributed by atoms with Crippen LogP contribution >= 0.6 is 0 Å². The fourth-order valence-corrected chi connectivity index (χ4v) is 4.79. The van der Waals surface area contributed by atoms with Crippen LogP contribution < -0.4 is 14.8 Å². The minimum atomic E-state index is -3.64. The number of unbranched alkanes of at least 4 members (excludes halogenated alkanes) is 1. The van der Waals surface area contributed by atoms with Crippen molar-refractivity contribution >= 4 is 27.4 Å². The summed E-state index contributed by atoms with van der Waals surface area (Å²) in [6.45, 7) is 2.39. The van der Waals surface area contributed by atoms with Gasteiger partial charge in [0, 0.05) is 30.3 Å². The summed E-state index contributed by atoms with van der Waals surface area (Å²) in [6, 6.07) is 20.9. The lowest BCUT2D eigenvalue weighted by Gasteiger charge is -2.12. The molecule has 0 aliphatic carbocycles. The number of hydrogen-bond donors (Lipinski definition) is 2. The maximum absolute atomic E-state index is 12.8. The van der Waals surface area contributed by atoms with Gasteiger partial charge in [-0.15, -0.1) is 0 Å². The maximum Gasteiger partial charge on any atom is 0.248 e. The summed E-state index contributed by atoms with van der Waals surface area (Å²) in [7, 11) is -2.08. The zero-order chi connectivity index (χ0) is 26.0. The first-order valence-electron chi connectivity index (χ1n) is 11.7. The van der Waals surface area contributed by atoms with Crippen LogP contribution in [0.25, 0.3) is 11.1 Å². The average molecular weight is 507 g/mol. The van der Waals surface area contributed by atoms with Gasteiger partial charge in [-0.3, -0.25) is 9.59 Å². The minimum absolute atomic E-state index is 0.116. The number of methoxy groups -OCH3 is 1. The predicted molar refractivity (Wildman–Crippen MR) is 141 cm³/mol. The highest BCUT2D eigenvalue weighted by Gasteiger charge is 2.18. The Balaban J connectivity index is 1.63. The van der Waals surface area contributed by atoms with Crippen molar-refractivity contribution in [3.8, 4) is 16.9 Å². The van der Waals surface area contributed by atoms with Crippen LogP contribution in [0.15, 0.2) is 89.8 Å². The number of rotatable bonds is 12. The molecule has 0 aromatic heterocycles. The molecule has 7 nitrogen and oxygen atoms in total. The van der Waals surface area contributed by atoms with Crippen LogP contribution in [0.5, 0.6) is 5.75 Å². The van der Waals surface area contributed by atoms with Gasteiger partial charge in [-0.05, 0) is 54.0 Å². The van der Waals surface area contributed by atoms with Crippen molar-refractivity contribution < 1.29 is 22.7 Å². The molecule has 0 aliphatic heterocycles. The Kier molecular flexibility index (Phi) is 9.55. The smallest absolute Gasteiger partial charge is 0.248 e. The molecule has 0 heterocycles. The molecule has 0 bridgehead atoms. The van der Waals surface area contributed by atoms with Gasteiger partial charge in [0.1, 0.15) is 5.75 Å². The molecule has 0 saturated carbocycles. The van der Waals surface area contributed by atoms with Crippen LogP contribution in [-0.2, 0) is 26.0 Å². The normalized spacial score (nSPS) is 11.4. The summed E-state index contributed by atoms with van der Waals surface area (Å²) in [4.78, 5) is 24.7. The van der Waals surface area contributed by atoms with E-state index in [0.717, 1.165) is 24.0 Å². The van der Waals surface area contributed by atoms with E-state index in [9.17, 15) is 18.0 Å². The molecule has 0 fully saturated rings. The molecule has 2 N–H and O–H groups in total. The molecule has 0 atom stereocenters. The van der Waals surface area contributed by atoms with Crippen LogP contribution in [0.2, 0.25) is 0 Å². The first-order chi connectivity index (χ1) is 17.3. The Morgan fingerprint density at radius 1 is 0.917 bits per heavy atom. The van der Waals surface area contributed by atoms with Gasteiger partial charge in [-0.2, -0.15) is 0 Å². The number of benzene rings is 3. The third-order valence-electron chi connectivity index (χ3n) is 5.42. The molecule has 0 aliphatic rings. The van der Waals surface area contributed by atoms with Gasteiger partial charge in [0.15, 0.2) is 5.78 Å². The fourth-order valence-electron chi connectivity index (χ4n) is 3.49. The lowest BCUT2D eigenvalue weighted by Crippen LogP contribution is -2.25. The number of ketones is 1. The van der Waals surface area contributed by atoms with E-state index in [1.54, 1.807) is 79.9 Å². The number of hydrogen-bond acceptors (Lipinski definition) is 5. The number of nitrogens with one attached hydrogen (secondary N) is 2. The van der Waals surface area contributed by atoms with Gasteiger partial charge in [-0.25, -0.2) is 13.1 Å². The molecular weight excluding hydrogens is 476 g/mol. The molecule has 3 aromatic carbocycles. The van der Waals surface area contributed by atoms with Crippen LogP contribution in [0.1, 0.15) is 25.3 Å². The molecule has 1 amide bonds. The van der Waals surface area contributed by atoms with E-state index in [1.807, 2.05) is 6.92 Å². The Bertz CT molecular complexity index is 1310. The van der Waals surface area contributed by atoms with Crippen LogP contribution in [0.3, 0.4) is 0 Å². The molecule has 0 spiro atoms. The fraction of sp³-hybridized carbons (Fsp3) is 0.214. The third kappa shape index (κ3) is 7.63. The summed E-state index contributed by atoms with van der Waals surface area (Å²) < 4.78 is 33.3. The lowest BCUT2D eigenvalue weighted by molar-refractivity contribution is -0.115. The molecule has 0 saturated heterocycles. The van der Waals surface area contributed by atoms with Crippen molar-refractivity contribution in [2.45, 2.75) is 31.1 Å². The maximum atomic E-state index is 12.8. The van der Waals surface area contributed by atoms with E-state index < -0.39 is 15.9 Å². The van der Waals surface area contributed by atoms with Gasteiger partial charge in [0.2, 0.25) is 15.9 Å². The van der Waals surface area contributed by atoms with Gasteiger partial charge in [0.05, 0.1) is 12.0 Å². The van der Waals surface area contributed by atoms with Gasteiger partial charge in [-0.1, -0.05) is 55.8 Å². The monoisotopic (exact) mass is 506 g/mol. The number of ether oxygens (including phenoxy) is 1. The molecule has 0 unspecified atom stereocenters. The third-order valence-corrected chi connectivity index (χ3v) is 6.94. The topological polar surface area (TPSA) is 102 Å². The summed E-state index contributed by atoms with van der Waals surface area (Å²) in [5.41, 5.74) is 2.67. The zero-order valence-electron chi connectivity index (χ0n) is 20.4. The van der Waals surface area contributed by atoms with Crippen molar-refractivity contribution in [1.82, 2.24) is 4.72 Å². The van der Waals surface area contributed by atoms with Crippen molar-refractivity contribution in [3.63, 3.8) is 0 Å². The summed E-state index contributed by atoms with van der Waals surface area (Å²) >= 11 is 0. The second kappa shape index (κ2) is 12.8. The van der Waals surface area contributed by atoms with Crippen molar-refractivity contribution in [1.29, 1.82) is 0 Å². The predicted octanol–water partition coefficient (Wildman–Crippen LogP) is 4.75. The number of allylic oxidation sites excluding steroid dienone is 1. The number of anilines is 1. The number of carbonyl (C=O) groups excluding carboxylic acids is 2. The first-order valence-corrected chi connectivity index (χ1v) is 13.1. The highest BCUT2D eigenvalue weighted by atomic mass is 32.2. The quantitative estimate of drug-likeness (QED) is 0.273. The van der Waals surface area contributed by atoms with E-state index in [1.165, 1.54) is 12.2 Å². The van der Waals surface area contributed by atoms with E-state index in [2.05, 4.69) is 10.0 Å². The average Bonchev–Trinajstić information content (AvgIpc) is 2.88. The van der Waals surface area contributed by atoms with Crippen molar-refractivity contribution in [2.24, 2.45) is 0 Å². The van der Waals surface area contributed by atoms with Crippen LogP contribution in [0.4, 0.5) is 5.69 Å². The van der Waals surface area contributed by atoms with Crippen LogP contribution in [0, 0.1) is 0 Å². The van der Waals surface area contributed by atoms with Crippen LogP contribution in [-0.4, -0.2) is 33.8 Å². The summed E-state index contributed by atoms with van der Waals surface area (Å²) in [5, 5.41) is 2.68. The molecule has 0 radical (unpaired) electrons. The molecule has 8 heteroatoms.